The van der Waals surface area contributed by atoms with Crippen molar-refractivity contribution in [2.45, 2.75) is 27.7 Å². The maximum Gasteiger partial charge on any atom is 0.148 e. The number of hydrogen-bond acceptors (Lipinski definition) is 2. The van der Waals surface area contributed by atoms with Crippen LogP contribution < -0.4 is 10.1 Å². The van der Waals surface area contributed by atoms with Crippen LogP contribution in [0.1, 0.15) is 38.8 Å². The molecule has 0 aromatic heterocycles. The molecule has 136 valence electrons. The molecule has 1 aromatic rings. The second-order valence-corrected chi connectivity index (χ2v) is 6.41. The second kappa shape index (κ2) is 10.2. The Bertz CT molecular complexity index is 800. The van der Waals surface area contributed by atoms with E-state index in [0.29, 0.717) is 6.54 Å². The lowest BCUT2D eigenvalue weighted by Crippen LogP contribution is -2.15. The van der Waals surface area contributed by atoms with Crippen molar-refractivity contribution in [2.24, 2.45) is 0 Å². The van der Waals surface area contributed by atoms with Crippen LogP contribution in [0.25, 0.3) is 11.3 Å². The standard InChI is InChI=1S/C24H29NO/c1-9-11-26-24-14-22(17(3)4)13-23(15-24)21(8)25-16-20(7)19(6)12-18(5)10-2/h1,10,12-15,25H,2-3,8,11,16H2,4-7H3/b18-12-,20-19+. The van der Waals surface area contributed by atoms with Gasteiger partial charge in [-0.15, -0.1) is 6.42 Å². The number of nitrogens with one attached hydrogen (secondary N) is 1. The van der Waals surface area contributed by atoms with Crippen LogP contribution in [0.2, 0.25) is 0 Å². The predicted octanol–water partition coefficient (Wildman–Crippen LogP) is 5.76. The van der Waals surface area contributed by atoms with E-state index < -0.39 is 0 Å². The molecule has 1 aromatic carbocycles. The molecule has 0 saturated carbocycles. The van der Waals surface area contributed by atoms with Gasteiger partial charge in [-0.2, -0.15) is 0 Å². The Morgan fingerprint density at radius 1 is 1.15 bits per heavy atom. The SMILES string of the molecule is C#CCOc1cc(C(=C)C)cc(C(=C)NC/C(C)=C(C)/C=C(/C)C=C)c1. The largest absolute Gasteiger partial charge is 0.481 e. The van der Waals surface area contributed by atoms with E-state index in [9.17, 15) is 0 Å². The second-order valence-electron chi connectivity index (χ2n) is 6.41. The molecule has 0 atom stereocenters. The first kappa shape index (κ1) is 21.1. The minimum atomic E-state index is 0.231. The van der Waals surface area contributed by atoms with Crippen molar-refractivity contribution < 1.29 is 4.74 Å². The summed E-state index contributed by atoms with van der Waals surface area (Å²) in [5.41, 5.74) is 7.36. The predicted molar refractivity (Wildman–Crippen MR) is 115 cm³/mol. The van der Waals surface area contributed by atoms with Crippen LogP contribution in [0, 0.1) is 12.3 Å². The van der Waals surface area contributed by atoms with Gasteiger partial charge in [-0.25, -0.2) is 0 Å². The molecule has 1 N–H and O–H groups in total. The molecule has 0 aliphatic heterocycles. The van der Waals surface area contributed by atoms with E-state index >= 15 is 0 Å². The van der Waals surface area contributed by atoms with Crippen molar-refractivity contribution in [1.29, 1.82) is 0 Å². The van der Waals surface area contributed by atoms with Gasteiger partial charge < -0.3 is 10.1 Å². The fourth-order valence-corrected chi connectivity index (χ4v) is 2.23. The summed E-state index contributed by atoms with van der Waals surface area (Å²) in [6.45, 7) is 21.1. The van der Waals surface area contributed by atoms with E-state index in [0.717, 1.165) is 33.7 Å². The van der Waals surface area contributed by atoms with Gasteiger partial charge in [0.2, 0.25) is 0 Å². The van der Waals surface area contributed by atoms with Gasteiger partial charge in [0.15, 0.2) is 0 Å². The number of allylic oxidation sites excluding steroid dienone is 5. The fourth-order valence-electron chi connectivity index (χ4n) is 2.23. The third kappa shape index (κ3) is 6.53. The monoisotopic (exact) mass is 347 g/mol. The first-order valence-electron chi connectivity index (χ1n) is 8.56. The molecule has 0 fully saturated rings. The summed E-state index contributed by atoms with van der Waals surface area (Å²) in [4.78, 5) is 0. The molecule has 2 nitrogen and oxygen atoms in total. The Morgan fingerprint density at radius 3 is 2.38 bits per heavy atom. The number of terminal acetylenes is 1. The van der Waals surface area contributed by atoms with Gasteiger partial charge in [0.25, 0.3) is 0 Å². The van der Waals surface area contributed by atoms with E-state index in [4.69, 9.17) is 11.2 Å². The summed E-state index contributed by atoms with van der Waals surface area (Å²) < 4.78 is 5.58. The van der Waals surface area contributed by atoms with Gasteiger partial charge in [0.1, 0.15) is 12.4 Å². The lowest BCUT2D eigenvalue weighted by molar-refractivity contribution is 0.370. The van der Waals surface area contributed by atoms with Crippen molar-refractivity contribution in [3.8, 4) is 18.1 Å². The molecule has 0 aliphatic carbocycles. The molecule has 0 unspecified atom stereocenters. The zero-order valence-corrected chi connectivity index (χ0v) is 16.4. The zero-order valence-electron chi connectivity index (χ0n) is 16.4. The van der Waals surface area contributed by atoms with Gasteiger partial charge in [-0.3, -0.25) is 0 Å². The lowest BCUT2D eigenvalue weighted by Gasteiger charge is -2.15. The minimum Gasteiger partial charge on any atom is -0.481 e. The number of rotatable bonds is 9. The quantitative estimate of drug-likeness (QED) is 0.453. The summed E-state index contributed by atoms with van der Waals surface area (Å²) in [6, 6.07) is 5.93. The smallest absolute Gasteiger partial charge is 0.148 e. The van der Waals surface area contributed by atoms with E-state index in [-0.39, 0.29) is 6.61 Å². The van der Waals surface area contributed by atoms with E-state index in [1.54, 1.807) is 0 Å². The average molecular weight is 348 g/mol. The molecule has 26 heavy (non-hydrogen) atoms. The van der Waals surface area contributed by atoms with Crippen molar-refractivity contribution in [1.82, 2.24) is 5.32 Å². The first-order chi connectivity index (χ1) is 12.3. The highest BCUT2D eigenvalue weighted by molar-refractivity contribution is 5.71. The van der Waals surface area contributed by atoms with Crippen molar-refractivity contribution in [2.75, 3.05) is 13.2 Å². The molecular weight excluding hydrogens is 318 g/mol. The molecule has 0 amide bonds. The number of hydrogen-bond donors (Lipinski definition) is 1. The molecule has 2 heteroatoms. The van der Waals surface area contributed by atoms with Crippen LogP contribution >= 0.6 is 0 Å². The third-order valence-electron chi connectivity index (χ3n) is 4.08. The molecule has 0 spiro atoms. The summed E-state index contributed by atoms with van der Waals surface area (Å²) in [6.07, 6.45) is 9.26. The fraction of sp³-hybridized carbons (Fsp3) is 0.250. The molecule has 0 aliphatic rings. The summed E-state index contributed by atoms with van der Waals surface area (Å²) in [7, 11) is 0. The van der Waals surface area contributed by atoms with Crippen molar-refractivity contribution in [3.05, 3.63) is 77.9 Å². The average Bonchev–Trinajstić information content (AvgIpc) is 2.63. The Labute approximate surface area is 158 Å². The molecule has 0 saturated heterocycles. The molecule has 0 heterocycles. The molecular formula is C24H29NO. The highest BCUT2D eigenvalue weighted by Gasteiger charge is 2.06. The normalized spacial score (nSPS) is 11.9. The highest BCUT2D eigenvalue weighted by Crippen LogP contribution is 2.25. The maximum absolute atomic E-state index is 5.58. The van der Waals surface area contributed by atoms with Gasteiger partial charge >= 0.3 is 0 Å². The van der Waals surface area contributed by atoms with Crippen LogP contribution in [0.15, 0.2) is 66.8 Å². The molecule has 1 rings (SSSR count). The van der Waals surface area contributed by atoms with Crippen LogP contribution in [0.5, 0.6) is 5.75 Å². The first-order valence-corrected chi connectivity index (χ1v) is 8.56. The Kier molecular flexibility index (Phi) is 8.25. The van der Waals surface area contributed by atoms with Crippen molar-refractivity contribution >= 4 is 11.3 Å². The summed E-state index contributed by atoms with van der Waals surface area (Å²) >= 11 is 0. The Hall–Kier alpha value is -2.92. The minimum absolute atomic E-state index is 0.231. The van der Waals surface area contributed by atoms with Crippen LogP contribution in [0.3, 0.4) is 0 Å². The topological polar surface area (TPSA) is 21.3 Å². The van der Waals surface area contributed by atoms with E-state index in [1.165, 1.54) is 11.1 Å². The number of ether oxygens (including phenoxy) is 1. The summed E-state index contributed by atoms with van der Waals surface area (Å²) in [5.74, 6) is 3.20. The highest BCUT2D eigenvalue weighted by atomic mass is 16.5. The third-order valence-corrected chi connectivity index (χ3v) is 4.08. The number of benzene rings is 1. The molecule has 0 bridgehead atoms. The van der Waals surface area contributed by atoms with Crippen LogP contribution in [0.4, 0.5) is 0 Å². The van der Waals surface area contributed by atoms with E-state index in [2.05, 4.69) is 50.9 Å². The molecule has 0 radical (unpaired) electrons. The van der Waals surface area contributed by atoms with Crippen LogP contribution in [-0.4, -0.2) is 13.2 Å². The van der Waals surface area contributed by atoms with Gasteiger partial charge in [0, 0.05) is 17.8 Å². The summed E-state index contributed by atoms with van der Waals surface area (Å²) in [5, 5.41) is 3.39. The zero-order chi connectivity index (χ0) is 19.7. The lowest BCUT2D eigenvalue weighted by atomic mass is 10.0. The van der Waals surface area contributed by atoms with Crippen molar-refractivity contribution in [3.63, 3.8) is 0 Å². The van der Waals surface area contributed by atoms with Gasteiger partial charge in [0.05, 0.1) is 0 Å². The van der Waals surface area contributed by atoms with E-state index in [1.807, 2.05) is 38.1 Å². The Balaban J connectivity index is 2.97. The maximum atomic E-state index is 5.58. The van der Waals surface area contributed by atoms with Crippen LogP contribution in [-0.2, 0) is 0 Å². The Morgan fingerprint density at radius 2 is 1.81 bits per heavy atom. The van der Waals surface area contributed by atoms with Gasteiger partial charge in [-0.1, -0.05) is 60.1 Å². The van der Waals surface area contributed by atoms with Gasteiger partial charge in [-0.05, 0) is 51.5 Å².